The van der Waals surface area contributed by atoms with Crippen molar-refractivity contribution in [2.75, 3.05) is 0 Å². The van der Waals surface area contributed by atoms with E-state index in [-0.39, 0.29) is 6.04 Å². The maximum atomic E-state index is 5.71. The smallest absolute Gasteiger partial charge is 0.176 e. The van der Waals surface area contributed by atoms with Gasteiger partial charge in [-0.2, -0.15) is 4.80 Å². The summed E-state index contributed by atoms with van der Waals surface area (Å²) in [4.78, 5) is 1.48. The number of nitrogens with zero attached hydrogens (tertiary/aromatic N) is 4. The van der Waals surface area contributed by atoms with Gasteiger partial charge in [0, 0.05) is 12.5 Å². The zero-order valence-electron chi connectivity index (χ0n) is 11.0. The first-order chi connectivity index (χ1) is 9.26. The summed E-state index contributed by atoms with van der Waals surface area (Å²) >= 11 is 0. The second kappa shape index (κ2) is 5.07. The van der Waals surface area contributed by atoms with Crippen LogP contribution in [0.15, 0.2) is 24.3 Å². The number of nitrogens with two attached hydrogens (primary N) is 1. The number of hydrazine groups is 1. The summed E-state index contributed by atoms with van der Waals surface area (Å²) in [7, 11) is 1.77. The fourth-order valence-electron chi connectivity index (χ4n) is 2.84. The Morgan fingerprint density at radius 2 is 2.05 bits per heavy atom. The molecule has 1 aromatic carbocycles. The highest BCUT2D eigenvalue weighted by molar-refractivity contribution is 5.32. The Morgan fingerprint density at radius 1 is 1.37 bits per heavy atom. The molecule has 3 rings (SSSR count). The molecule has 6 nitrogen and oxygen atoms in total. The Labute approximate surface area is 112 Å². The summed E-state index contributed by atoms with van der Waals surface area (Å²) in [6.45, 7) is 0. The minimum Gasteiger partial charge on any atom is -0.271 e. The molecule has 2 aromatic rings. The average Bonchev–Trinajstić information content (AvgIpc) is 3.01. The third-order valence-corrected chi connectivity index (χ3v) is 3.82. The molecule has 1 atom stereocenters. The fourth-order valence-corrected chi connectivity index (χ4v) is 2.84. The maximum absolute atomic E-state index is 5.71. The Hall–Kier alpha value is -1.79. The Balaban J connectivity index is 1.71. The van der Waals surface area contributed by atoms with E-state index in [4.69, 9.17) is 5.84 Å². The molecule has 1 unspecified atom stereocenters. The first kappa shape index (κ1) is 12.3. The van der Waals surface area contributed by atoms with Crippen molar-refractivity contribution in [3.63, 3.8) is 0 Å². The molecule has 1 aliphatic carbocycles. The molecule has 1 aromatic heterocycles. The molecule has 0 saturated heterocycles. The number of hydrogen-bond donors (Lipinski definition) is 2. The standard InChI is InChI=1S/C13H18N6/c1-19-17-13(16-18-19)8-12(15-14)11-6-9-4-2-3-5-10(9)7-11/h2-5,11-12,15H,6-8,14H2,1H3. The largest absolute Gasteiger partial charge is 0.271 e. The van der Waals surface area contributed by atoms with Crippen LogP contribution < -0.4 is 11.3 Å². The van der Waals surface area contributed by atoms with Crippen LogP contribution in [0, 0.1) is 5.92 Å². The van der Waals surface area contributed by atoms with Gasteiger partial charge in [0.05, 0.1) is 7.05 Å². The van der Waals surface area contributed by atoms with Crippen LogP contribution in [0.5, 0.6) is 0 Å². The molecule has 19 heavy (non-hydrogen) atoms. The molecule has 3 N–H and O–H groups in total. The molecular formula is C13H18N6. The zero-order valence-corrected chi connectivity index (χ0v) is 11.0. The molecule has 0 aliphatic heterocycles. The van der Waals surface area contributed by atoms with E-state index in [2.05, 4.69) is 45.1 Å². The average molecular weight is 258 g/mol. The number of benzene rings is 1. The highest BCUT2D eigenvalue weighted by atomic mass is 15.6. The number of aromatic nitrogens is 4. The van der Waals surface area contributed by atoms with Gasteiger partial charge in [-0.3, -0.25) is 11.3 Å². The van der Waals surface area contributed by atoms with E-state index in [1.807, 2.05) is 0 Å². The van der Waals surface area contributed by atoms with Gasteiger partial charge in [-0.1, -0.05) is 24.3 Å². The van der Waals surface area contributed by atoms with Crippen molar-refractivity contribution in [2.24, 2.45) is 18.8 Å². The van der Waals surface area contributed by atoms with Crippen LogP contribution in [-0.2, 0) is 26.3 Å². The topological polar surface area (TPSA) is 81.7 Å². The van der Waals surface area contributed by atoms with E-state index >= 15 is 0 Å². The molecule has 1 aliphatic rings. The summed E-state index contributed by atoms with van der Waals surface area (Å²) in [6, 6.07) is 8.76. The molecule has 0 bridgehead atoms. The molecule has 6 heteroatoms. The van der Waals surface area contributed by atoms with E-state index < -0.39 is 0 Å². The van der Waals surface area contributed by atoms with E-state index in [1.165, 1.54) is 15.9 Å². The summed E-state index contributed by atoms with van der Waals surface area (Å²) in [5.74, 6) is 6.94. The first-order valence-electron chi connectivity index (χ1n) is 6.52. The molecule has 0 amide bonds. The van der Waals surface area contributed by atoms with Crippen molar-refractivity contribution in [3.8, 4) is 0 Å². The number of fused-ring (bicyclic) bond motifs is 1. The predicted octanol–water partition coefficient (Wildman–Crippen LogP) is -0.000500. The second-order valence-electron chi connectivity index (χ2n) is 5.11. The van der Waals surface area contributed by atoms with Gasteiger partial charge in [0.25, 0.3) is 0 Å². The third-order valence-electron chi connectivity index (χ3n) is 3.82. The fraction of sp³-hybridized carbons (Fsp3) is 0.462. The summed E-state index contributed by atoms with van der Waals surface area (Å²) in [5, 5.41) is 12.1. The van der Waals surface area contributed by atoms with Crippen molar-refractivity contribution < 1.29 is 0 Å². The van der Waals surface area contributed by atoms with Crippen LogP contribution in [0.1, 0.15) is 17.0 Å². The van der Waals surface area contributed by atoms with Crippen LogP contribution in [0.25, 0.3) is 0 Å². The van der Waals surface area contributed by atoms with Crippen LogP contribution in [0.4, 0.5) is 0 Å². The normalized spacial score (nSPS) is 16.5. The van der Waals surface area contributed by atoms with E-state index in [0.717, 1.165) is 18.7 Å². The number of rotatable bonds is 4. The van der Waals surface area contributed by atoms with Crippen LogP contribution in [0.2, 0.25) is 0 Å². The van der Waals surface area contributed by atoms with E-state index in [9.17, 15) is 0 Å². The maximum Gasteiger partial charge on any atom is 0.176 e. The molecular weight excluding hydrogens is 240 g/mol. The van der Waals surface area contributed by atoms with Crippen molar-refractivity contribution in [1.82, 2.24) is 25.6 Å². The molecule has 0 fully saturated rings. The Morgan fingerprint density at radius 3 is 2.58 bits per heavy atom. The van der Waals surface area contributed by atoms with Gasteiger partial charge in [-0.05, 0) is 35.1 Å². The number of hydrogen-bond acceptors (Lipinski definition) is 5. The minimum atomic E-state index is 0.177. The van der Waals surface area contributed by atoms with Gasteiger partial charge in [0.15, 0.2) is 5.82 Å². The highest BCUT2D eigenvalue weighted by Crippen LogP contribution is 2.29. The van der Waals surface area contributed by atoms with Crippen molar-refractivity contribution in [1.29, 1.82) is 0 Å². The van der Waals surface area contributed by atoms with Gasteiger partial charge in [0.1, 0.15) is 0 Å². The van der Waals surface area contributed by atoms with Crippen molar-refractivity contribution in [3.05, 3.63) is 41.2 Å². The third kappa shape index (κ3) is 2.50. The van der Waals surface area contributed by atoms with Crippen LogP contribution in [0.3, 0.4) is 0 Å². The summed E-state index contributed by atoms with van der Waals surface area (Å²) in [5.41, 5.74) is 5.78. The zero-order chi connectivity index (χ0) is 13.2. The second-order valence-corrected chi connectivity index (χ2v) is 5.11. The first-order valence-corrected chi connectivity index (χ1v) is 6.52. The Bertz CT molecular complexity index is 539. The monoisotopic (exact) mass is 258 g/mol. The molecule has 100 valence electrons. The van der Waals surface area contributed by atoms with Crippen LogP contribution >= 0.6 is 0 Å². The van der Waals surface area contributed by atoms with Gasteiger partial charge >= 0.3 is 0 Å². The van der Waals surface area contributed by atoms with Crippen molar-refractivity contribution >= 4 is 0 Å². The quantitative estimate of drug-likeness (QED) is 0.596. The lowest BCUT2D eigenvalue weighted by atomic mass is 9.94. The molecule has 1 heterocycles. The van der Waals surface area contributed by atoms with Gasteiger partial charge in [-0.25, -0.2) is 0 Å². The molecule has 0 saturated carbocycles. The van der Waals surface area contributed by atoms with Gasteiger partial charge in [0.2, 0.25) is 0 Å². The minimum absolute atomic E-state index is 0.177. The Kier molecular flexibility index (Phi) is 3.27. The number of nitrogens with one attached hydrogen (secondary N) is 1. The van der Waals surface area contributed by atoms with E-state index in [1.54, 1.807) is 7.05 Å². The molecule has 0 spiro atoms. The predicted molar refractivity (Wildman–Crippen MR) is 71.0 cm³/mol. The lowest BCUT2D eigenvalue weighted by Gasteiger charge is -2.20. The lowest BCUT2D eigenvalue weighted by molar-refractivity contribution is 0.361. The molecule has 0 radical (unpaired) electrons. The highest BCUT2D eigenvalue weighted by Gasteiger charge is 2.28. The van der Waals surface area contributed by atoms with Crippen molar-refractivity contribution in [2.45, 2.75) is 25.3 Å². The summed E-state index contributed by atoms with van der Waals surface area (Å²) < 4.78 is 0. The SMILES string of the molecule is Cn1nnc(CC(NN)C2Cc3ccccc3C2)n1. The lowest BCUT2D eigenvalue weighted by Crippen LogP contribution is -2.43. The number of tetrazole rings is 1. The summed E-state index contributed by atoms with van der Waals surface area (Å²) in [6.07, 6.45) is 2.83. The van der Waals surface area contributed by atoms with Crippen LogP contribution in [-0.4, -0.2) is 26.2 Å². The van der Waals surface area contributed by atoms with Gasteiger partial charge in [-0.15, -0.1) is 10.2 Å². The number of aryl methyl sites for hydroxylation is 1. The van der Waals surface area contributed by atoms with Gasteiger partial charge < -0.3 is 0 Å². The van der Waals surface area contributed by atoms with E-state index in [0.29, 0.717) is 12.3 Å².